The zero-order chi connectivity index (χ0) is 15.7. The second-order valence-electron chi connectivity index (χ2n) is 5.27. The molecule has 0 amide bonds. The molecule has 1 heterocycles. The van der Waals surface area contributed by atoms with Gasteiger partial charge in [0.15, 0.2) is 0 Å². The van der Waals surface area contributed by atoms with Crippen LogP contribution in [0.2, 0.25) is 0 Å². The average Bonchev–Trinajstić information content (AvgIpc) is 2.90. The molecule has 0 fully saturated rings. The van der Waals surface area contributed by atoms with Gasteiger partial charge in [0.1, 0.15) is 5.75 Å². The number of ether oxygens (including phenoxy) is 1. The topological polar surface area (TPSA) is 21.3 Å². The minimum absolute atomic E-state index is 0.00541. The molecule has 1 aliphatic rings. The van der Waals surface area contributed by atoms with E-state index in [2.05, 4.69) is 5.32 Å². The van der Waals surface area contributed by atoms with Crippen LogP contribution in [0.4, 0.5) is 18.9 Å². The van der Waals surface area contributed by atoms with Crippen molar-refractivity contribution in [3.05, 3.63) is 59.2 Å². The predicted octanol–water partition coefficient (Wildman–Crippen LogP) is 4.81. The summed E-state index contributed by atoms with van der Waals surface area (Å²) < 4.78 is 43.7. The molecule has 1 N–H and O–H groups in total. The zero-order valence-electron chi connectivity index (χ0n) is 12.1. The normalized spacial score (nSPS) is 17.0. The zero-order valence-corrected chi connectivity index (χ0v) is 12.1. The molecule has 0 aromatic heterocycles. The van der Waals surface area contributed by atoms with E-state index < -0.39 is 11.7 Å². The molecule has 1 aliphatic heterocycles. The van der Waals surface area contributed by atoms with Gasteiger partial charge in [-0.15, -0.1) is 0 Å². The van der Waals surface area contributed by atoms with E-state index in [9.17, 15) is 13.2 Å². The first-order valence-electron chi connectivity index (χ1n) is 7.17. The lowest BCUT2D eigenvalue weighted by atomic mass is 10.0. The number of anilines is 1. The Morgan fingerprint density at radius 1 is 1.14 bits per heavy atom. The standard InChI is InChI=1S/C17H16F3NO/c1-2-22-14-6-3-11(4-7-14)16-10-12-9-13(17(18,19)20)5-8-15(12)21-16/h3-9,16,21H,2,10H2,1H3. The van der Waals surface area contributed by atoms with Crippen molar-refractivity contribution in [3.8, 4) is 5.75 Å². The van der Waals surface area contributed by atoms with Crippen LogP contribution in [-0.2, 0) is 12.6 Å². The van der Waals surface area contributed by atoms with Crippen molar-refractivity contribution < 1.29 is 17.9 Å². The van der Waals surface area contributed by atoms with E-state index in [0.29, 0.717) is 18.6 Å². The summed E-state index contributed by atoms with van der Waals surface area (Å²) in [5.41, 5.74) is 1.91. The van der Waals surface area contributed by atoms with Crippen LogP contribution in [0.5, 0.6) is 5.75 Å². The Labute approximate surface area is 126 Å². The number of hydrogen-bond donors (Lipinski definition) is 1. The maximum absolute atomic E-state index is 12.8. The Morgan fingerprint density at radius 3 is 2.50 bits per heavy atom. The van der Waals surface area contributed by atoms with Gasteiger partial charge in [-0.1, -0.05) is 12.1 Å². The summed E-state index contributed by atoms with van der Waals surface area (Å²) in [7, 11) is 0. The van der Waals surface area contributed by atoms with Crippen molar-refractivity contribution in [2.45, 2.75) is 25.6 Å². The number of rotatable bonds is 3. The van der Waals surface area contributed by atoms with Crippen LogP contribution in [-0.4, -0.2) is 6.61 Å². The molecule has 0 radical (unpaired) electrons. The van der Waals surface area contributed by atoms with Crippen LogP contribution in [0.1, 0.15) is 29.7 Å². The van der Waals surface area contributed by atoms with Gasteiger partial charge in [-0.2, -0.15) is 13.2 Å². The lowest BCUT2D eigenvalue weighted by Gasteiger charge is -2.12. The Bertz CT molecular complexity index is 665. The summed E-state index contributed by atoms with van der Waals surface area (Å²) in [6, 6.07) is 11.5. The van der Waals surface area contributed by atoms with Crippen molar-refractivity contribution in [3.63, 3.8) is 0 Å². The van der Waals surface area contributed by atoms with E-state index in [0.717, 1.165) is 23.1 Å². The quantitative estimate of drug-likeness (QED) is 0.878. The Hall–Kier alpha value is -2.17. The van der Waals surface area contributed by atoms with Crippen LogP contribution in [0.15, 0.2) is 42.5 Å². The highest BCUT2D eigenvalue weighted by atomic mass is 19.4. The third-order valence-electron chi connectivity index (χ3n) is 3.78. The number of alkyl halides is 3. The van der Waals surface area contributed by atoms with Crippen molar-refractivity contribution in [1.29, 1.82) is 0 Å². The van der Waals surface area contributed by atoms with Crippen LogP contribution in [0.3, 0.4) is 0 Å². The fourth-order valence-corrected chi connectivity index (χ4v) is 2.70. The highest BCUT2D eigenvalue weighted by Gasteiger charge is 2.32. The summed E-state index contributed by atoms with van der Waals surface area (Å²) in [5, 5.41) is 3.27. The minimum Gasteiger partial charge on any atom is -0.494 e. The van der Waals surface area contributed by atoms with E-state index in [1.54, 1.807) is 0 Å². The average molecular weight is 307 g/mol. The first-order valence-corrected chi connectivity index (χ1v) is 7.17. The highest BCUT2D eigenvalue weighted by molar-refractivity contribution is 5.59. The number of benzene rings is 2. The van der Waals surface area contributed by atoms with E-state index in [1.807, 2.05) is 31.2 Å². The number of halogens is 3. The second kappa shape index (κ2) is 5.55. The number of hydrogen-bond acceptors (Lipinski definition) is 2. The van der Waals surface area contributed by atoms with Crippen molar-refractivity contribution >= 4 is 5.69 Å². The molecule has 22 heavy (non-hydrogen) atoms. The van der Waals surface area contributed by atoms with Crippen LogP contribution in [0.25, 0.3) is 0 Å². The first-order chi connectivity index (χ1) is 10.5. The van der Waals surface area contributed by atoms with E-state index >= 15 is 0 Å². The lowest BCUT2D eigenvalue weighted by molar-refractivity contribution is -0.137. The molecule has 0 saturated carbocycles. The number of fused-ring (bicyclic) bond motifs is 1. The van der Waals surface area contributed by atoms with E-state index in [4.69, 9.17) is 4.74 Å². The molecule has 1 unspecified atom stereocenters. The van der Waals surface area contributed by atoms with Gasteiger partial charge in [0.25, 0.3) is 0 Å². The Balaban J connectivity index is 1.79. The maximum Gasteiger partial charge on any atom is 0.416 e. The SMILES string of the molecule is CCOc1ccc(C2Cc3cc(C(F)(F)F)ccc3N2)cc1. The van der Waals surface area contributed by atoms with Gasteiger partial charge in [0.2, 0.25) is 0 Å². The summed E-state index contributed by atoms with van der Waals surface area (Å²) in [5.74, 6) is 0.793. The van der Waals surface area contributed by atoms with Gasteiger partial charge in [-0.25, -0.2) is 0 Å². The summed E-state index contributed by atoms with van der Waals surface area (Å²) in [6.07, 6.45) is -3.75. The van der Waals surface area contributed by atoms with Gasteiger partial charge in [0.05, 0.1) is 18.2 Å². The third-order valence-corrected chi connectivity index (χ3v) is 3.78. The second-order valence-corrected chi connectivity index (χ2v) is 5.27. The van der Waals surface area contributed by atoms with Crippen LogP contribution in [0, 0.1) is 0 Å². The summed E-state index contributed by atoms with van der Waals surface area (Å²) in [6.45, 7) is 2.52. The molecule has 1 atom stereocenters. The monoisotopic (exact) mass is 307 g/mol. The molecule has 2 nitrogen and oxygen atoms in total. The lowest BCUT2D eigenvalue weighted by Crippen LogP contribution is -2.05. The van der Waals surface area contributed by atoms with E-state index in [1.165, 1.54) is 12.1 Å². The largest absolute Gasteiger partial charge is 0.494 e. The highest BCUT2D eigenvalue weighted by Crippen LogP contribution is 2.38. The van der Waals surface area contributed by atoms with Crippen molar-refractivity contribution in [1.82, 2.24) is 0 Å². The molecule has 0 bridgehead atoms. The molecular formula is C17H16F3NO. The summed E-state index contributed by atoms with van der Waals surface area (Å²) in [4.78, 5) is 0. The molecule has 3 rings (SSSR count). The van der Waals surface area contributed by atoms with Gasteiger partial charge in [-0.05, 0) is 54.8 Å². The minimum atomic E-state index is -4.30. The molecule has 5 heteroatoms. The van der Waals surface area contributed by atoms with Gasteiger partial charge in [0, 0.05) is 5.69 Å². The molecular weight excluding hydrogens is 291 g/mol. The molecule has 2 aromatic carbocycles. The number of nitrogens with one attached hydrogen (secondary N) is 1. The Kier molecular flexibility index (Phi) is 3.72. The summed E-state index contributed by atoms with van der Waals surface area (Å²) >= 11 is 0. The molecule has 0 aliphatic carbocycles. The van der Waals surface area contributed by atoms with Gasteiger partial charge >= 0.3 is 6.18 Å². The van der Waals surface area contributed by atoms with Gasteiger partial charge in [-0.3, -0.25) is 0 Å². The fourth-order valence-electron chi connectivity index (χ4n) is 2.70. The van der Waals surface area contributed by atoms with Crippen molar-refractivity contribution in [2.75, 3.05) is 11.9 Å². The molecule has 2 aromatic rings. The van der Waals surface area contributed by atoms with E-state index in [-0.39, 0.29) is 6.04 Å². The van der Waals surface area contributed by atoms with Crippen LogP contribution < -0.4 is 10.1 Å². The maximum atomic E-state index is 12.8. The Morgan fingerprint density at radius 2 is 1.86 bits per heavy atom. The van der Waals surface area contributed by atoms with Crippen LogP contribution >= 0.6 is 0 Å². The smallest absolute Gasteiger partial charge is 0.416 e. The molecule has 116 valence electrons. The predicted molar refractivity (Wildman–Crippen MR) is 79.1 cm³/mol. The first kappa shape index (κ1) is 14.8. The molecule has 0 saturated heterocycles. The molecule has 0 spiro atoms. The third kappa shape index (κ3) is 2.89. The van der Waals surface area contributed by atoms with Crippen molar-refractivity contribution in [2.24, 2.45) is 0 Å². The van der Waals surface area contributed by atoms with Gasteiger partial charge < -0.3 is 10.1 Å². The fraction of sp³-hybridized carbons (Fsp3) is 0.294.